The first-order valence-corrected chi connectivity index (χ1v) is 8.03. The quantitative estimate of drug-likeness (QED) is 0.830. The van der Waals surface area contributed by atoms with Gasteiger partial charge in [-0.25, -0.2) is 4.98 Å². The van der Waals surface area contributed by atoms with Gasteiger partial charge in [0, 0.05) is 44.5 Å². The van der Waals surface area contributed by atoms with Crippen LogP contribution in [-0.4, -0.2) is 46.9 Å². The molecule has 5 heteroatoms. The van der Waals surface area contributed by atoms with Gasteiger partial charge < -0.3 is 4.90 Å². The number of hydrogen-bond acceptors (Lipinski definition) is 4. The van der Waals surface area contributed by atoms with E-state index in [-0.39, 0.29) is 0 Å². The first kappa shape index (κ1) is 13.1. The lowest BCUT2D eigenvalue weighted by atomic mass is 9.88. The van der Waals surface area contributed by atoms with E-state index in [4.69, 9.17) is 0 Å². The maximum Gasteiger partial charge on any atom is 0.222 e. The molecule has 104 valence electrons. The number of likely N-dealkylation sites (tertiary alicyclic amines) is 2. The zero-order valence-electron chi connectivity index (χ0n) is 11.4. The topological polar surface area (TPSA) is 36.4 Å². The van der Waals surface area contributed by atoms with Crippen LogP contribution < -0.4 is 0 Å². The number of amides is 1. The van der Waals surface area contributed by atoms with Crippen molar-refractivity contribution in [1.29, 1.82) is 0 Å². The minimum atomic E-state index is 0.334. The Kier molecular flexibility index (Phi) is 3.84. The van der Waals surface area contributed by atoms with E-state index >= 15 is 0 Å². The summed E-state index contributed by atoms with van der Waals surface area (Å²) in [5, 5.41) is 2.13. The molecule has 0 aromatic carbocycles. The van der Waals surface area contributed by atoms with Crippen LogP contribution >= 0.6 is 11.3 Å². The van der Waals surface area contributed by atoms with Crippen molar-refractivity contribution in [2.45, 2.75) is 38.3 Å². The molecule has 1 amide bonds. The molecule has 0 unspecified atom stereocenters. The number of rotatable bonds is 2. The van der Waals surface area contributed by atoms with Gasteiger partial charge in [-0.1, -0.05) is 0 Å². The van der Waals surface area contributed by atoms with Gasteiger partial charge in [0.15, 0.2) is 0 Å². The van der Waals surface area contributed by atoms with Crippen LogP contribution in [0.5, 0.6) is 0 Å². The summed E-state index contributed by atoms with van der Waals surface area (Å²) < 4.78 is 0. The largest absolute Gasteiger partial charge is 0.342 e. The molecule has 4 nitrogen and oxygen atoms in total. The molecule has 2 aliphatic heterocycles. The molecule has 0 aliphatic carbocycles. The molecule has 3 heterocycles. The molecule has 2 aliphatic rings. The van der Waals surface area contributed by atoms with Gasteiger partial charge in [-0.05, 0) is 25.2 Å². The fourth-order valence-electron chi connectivity index (χ4n) is 3.45. The number of piperidine rings is 1. The fourth-order valence-corrected chi connectivity index (χ4v) is 4.00. The smallest absolute Gasteiger partial charge is 0.222 e. The number of thiazole rings is 1. The van der Waals surface area contributed by atoms with Gasteiger partial charge in [-0.3, -0.25) is 9.69 Å². The van der Waals surface area contributed by atoms with Crippen LogP contribution in [0.25, 0.3) is 0 Å². The van der Waals surface area contributed by atoms with Crippen molar-refractivity contribution in [2.24, 2.45) is 5.92 Å². The molecule has 0 N–H and O–H groups in total. The zero-order chi connectivity index (χ0) is 13.2. The van der Waals surface area contributed by atoms with Crippen LogP contribution in [0.4, 0.5) is 0 Å². The highest BCUT2D eigenvalue weighted by Crippen LogP contribution is 2.30. The van der Waals surface area contributed by atoms with Crippen molar-refractivity contribution in [3.63, 3.8) is 0 Å². The fraction of sp³-hybridized carbons (Fsp3) is 0.714. The van der Waals surface area contributed by atoms with Gasteiger partial charge in [-0.2, -0.15) is 0 Å². The number of carbonyl (C=O) groups excluding carboxylic acids is 1. The summed E-state index contributed by atoms with van der Waals surface area (Å²) >= 11 is 1.66. The maximum atomic E-state index is 11.9. The molecule has 2 atom stereocenters. The summed E-state index contributed by atoms with van der Waals surface area (Å²) in [4.78, 5) is 20.8. The minimum Gasteiger partial charge on any atom is -0.342 e. The van der Waals surface area contributed by atoms with E-state index < -0.39 is 0 Å². The Morgan fingerprint density at radius 1 is 1.47 bits per heavy atom. The number of aromatic nitrogens is 1. The number of fused-ring (bicyclic) bond motifs is 1. The Hall–Kier alpha value is -0.940. The van der Waals surface area contributed by atoms with E-state index in [1.54, 1.807) is 11.3 Å². The van der Waals surface area contributed by atoms with Crippen molar-refractivity contribution in [1.82, 2.24) is 14.8 Å². The average molecular weight is 279 g/mol. The standard InChI is InChI=1S/C14H21N3OS/c1-16-13-5-6-17(8-12-9-19-10-15-12)7-11(13)3-2-4-14(16)18/h9-11,13H,2-8H2,1H3/t11-,13+/m0/s1. The Labute approximate surface area is 118 Å². The van der Waals surface area contributed by atoms with E-state index in [2.05, 4.69) is 15.3 Å². The SMILES string of the molecule is CN1C(=O)CCC[C@H]2CN(Cc3cscn3)CC[C@H]21. The lowest BCUT2D eigenvalue weighted by molar-refractivity contribution is -0.132. The van der Waals surface area contributed by atoms with Crippen LogP contribution in [0, 0.1) is 5.92 Å². The van der Waals surface area contributed by atoms with Crippen LogP contribution in [0.1, 0.15) is 31.4 Å². The Bertz CT molecular complexity index is 434. The van der Waals surface area contributed by atoms with Crippen LogP contribution in [0.2, 0.25) is 0 Å². The van der Waals surface area contributed by atoms with E-state index in [1.165, 1.54) is 12.1 Å². The van der Waals surface area contributed by atoms with E-state index in [0.29, 0.717) is 17.9 Å². The van der Waals surface area contributed by atoms with Gasteiger partial charge in [0.1, 0.15) is 0 Å². The second-order valence-electron chi connectivity index (χ2n) is 5.73. The highest BCUT2D eigenvalue weighted by molar-refractivity contribution is 7.07. The Balaban J connectivity index is 1.64. The molecule has 19 heavy (non-hydrogen) atoms. The maximum absolute atomic E-state index is 11.9. The molecule has 1 aromatic rings. The summed E-state index contributed by atoms with van der Waals surface area (Å²) in [5.41, 5.74) is 3.08. The van der Waals surface area contributed by atoms with Gasteiger partial charge >= 0.3 is 0 Å². The van der Waals surface area contributed by atoms with Gasteiger partial charge in [0.25, 0.3) is 0 Å². The molecule has 0 bridgehead atoms. The summed E-state index contributed by atoms with van der Waals surface area (Å²) in [5.74, 6) is 0.976. The Morgan fingerprint density at radius 2 is 2.37 bits per heavy atom. The summed E-state index contributed by atoms with van der Waals surface area (Å²) in [6.45, 7) is 3.15. The van der Waals surface area contributed by atoms with Crippen LogP contribution in [0.15, 0.2) is 10.9 Å². The molecular weight excluding hydrogens is 258 g/mol. The van der Waals surface area contributed by atoms with Crippen molar-refractivity contribution in [3.05, 3.63) is 16.6 Å². The molecule has 1 aromatic heterocycles. The van der Waals surface area contributed by atoms with Crippen LogP contribution in [-0.2, 0) is 11.3 Å². The molecule has 0 radical (unpaired) electrons. The second kappa shape index (κ2) is 5.59. The lowest BCUT2D eigenvalue weighted by Crippen LogP contribution is -2.50. The molecule has 2 saturated heterocycles. The monoisotopic (exact) mass is 279 g/mol. The summed E-state index contributed by atoms with van der Waals surface area (Å²) in [7, 11) is 1.99. The third-order valence-electron chi connectivity index (χ3n) is 4.50. The first-order valence-electron chi connectivity index (χ1n) is 7.09. The molecule has 3 rings (SSSR count). The third kappa shape index (κ3) is 2.82. The van der Waals surface area contributed by atoms with Crippen molar-refractivity contribution in [3.8, 4) is 0 Å². The van der Waals surface area contributed by atoms with Crippen LogP contribution in [0.3, 0.4) is 0 Å². The van der Waals surface area contributed by atoms with E-state index in [0.717, 1.165) is 38.9 Å². The molecule has 2 fully saturated rings. The minimum absolute atomic E-state index is 0.334. The third-order valence-corrected chi connectivity index (χ3v) is 5.14. The van der Waals surface area contributed by atoms with Crippen molar-refractivity contribution >= 4 is 17.2 Å². The van der Waals surface area contributed by atoms with E-state index in [1.807, 2.05) is 17.5 Å². The van der Waals surface area contributed by atoms with Gasteiger partial charge in [0.05, 0.1) is 11.2 Å². The van der Waals surface area contributed by atoms with Gasteiger partial charge in [0.2, 0.25) is 5.91 Å². The Morgan fingerprint density at radius 3 is 3.16 bits per heavy atom. The predicted octanol–water partition coefficient (Wildman–Crippen LogP) is 1.98. The lowest BCUT2D eigenvalue weighted by Gasteiger charge is -2.41. The second-order valence-corrected chi connectivity index (χ2v) is 6.45. The summed E-state index contributed by atoms with van der Waals surface area (Å²) in [6.07, 6.45) is 4.08. The van der Waals surface area contributed by atoms with Gasteiger partial charge in [-0.15, -0.1) is 11.3 Å². The zero-order valence-corrected chi connectivity index (χ0v) is 12.2. The predicted molar refractivity (Wildman–Crippen MR) is 75.9 cm³/mol. The highest BCUT2D eigenvalue weighted by Gasteiger charge is 2.35. The number of hydrogen-bond donors (Lipinski definition) is 0. The van der Waals surface area contributed by atoms with Crippen molar-refractivity contribution in [2.75, 3.05) is 20.1 Å². The molecular formula is C14H21N3OS. The molecule has 0 spiro atoms. The highest BCUT2D eigenvalue weighted by atomic mass is 32.1. The first-order chi connectivity index (χ1) is 9.24. The van der Waals surface area contributed by atoms with E-state index in [9.17, 15) is 4.79 Å². The average Bonchev–Trinajstić information content (AvgIpc) is 2.86. The normalized spacial score (nSPS) is 29.1. The number of nitrogens with zero attached hydrogens (tertiary/aromatic N) is 3. The summed E-state index contributed by atoms with van der Waals surface area (Å²) in [6, 6.07) is 0.460. The molecule has 0 saturated carbocycles. The number of carbonyl (C=O) groups is 1. The van der Waals surface area contributed by atoms with Crippen molar-refractivity contribution < 1.29 is 4.79 Å².